The molecule has 0 spiro atoms. The highest BCUT2D eigenvalue weighted by atomic mass is 16.3. The molecule has 1 aliphatic heterocycles. The molecule has 1 rings (SSSR count). The molecule has 0 aromatic carbocycles. The van der Waals surface area contributed by atoms with Crippen molar-refractivity contribution in [3.8, 4) is 0 Å². The number of aliphatic hydroxyl groups excluding tert-OH is 2. The number of likely N-dealkylation sites (tertiary alicyclic amines) is 1. The molecule has 1 aliphatic rings. The molecule has 0 unspecified atom stereocenters. The topological polar surface area (TPSA) is 43.7 Å². The van der Waals surface area contributed by atoms with Gasteiger partial charge in [0.15, 0.2) is 0 Å². The molecule has 0 amide bonds. The van der Waals surface area contributed by atoms with Gasteiger partial charge in [0.2, 0.25) is 0 Å². The summed E-state index contributed by atoms with van der Waals surface area (Å²) < 4.78 is 0. The van der Waals surface area contributed by atoms with Gasteiger partial charge in [0.25, 0.3) is 0 Å². The minimum Gasteiger partial charge on any atom is -0.400 e. The first kappa shape index (κ1) is 14.4. The second kappa shape index (κ2) is 10.9. The van der Waals surface area contributed by atoms with E-state index in [0.29, 0.717) is 0 Å². The molecule has 2 N–H and O–H groups in total. The molecule has 1 saturated heterocycles. The molecule has 0 bridgehead atoms. The third kappa shape index (κ3) is 7.98. The fourth-order valence-corrected chi connectivity index (χ4v) is 0.995. The molecule has 0 aromatic rings. The zero-order chi connectivity index (χ0) is 9.98. The van der Waals surface area contributed by atoms with Crippen LogP contribution in [-0.4, -0.2) is 48.5 Å². The maximum Gasteiger partial charge on any atom is 0.0564 e. The molecule has 12 heavy (non-hydrogen) atoms. The van der Waals surface area contributed by atoms with Crippen molar-refractivity contribution in [1.82, 2.24) is 4.90 Å². The first-order chi connectivity index (χ1) is 5.79. The van der Waals surface area contributed by atoms with Gasteiger partial charge in [-0.3, -0.25) is 0 Å². The zero-order valence-electron chi connectivity index (χ0n) is 8.75. The van der Waals surface area contributed by atoms with E-state index in [4.69, 9.17) is 10.2 Å². The van der Waals surface area contributed by atoms with Gasteiger partial charge < -0.3 is 15.1 Å². The molecular weight excluding hydrogens is 154 g/mol. The Kier molecular flexibility index (Phi) is 13.1. The van der Waals surface area contributed by atoms with E-state index in [2.05, 4.69) is 11.9 Å². The summed E-state index contributed by atoms with van der Waals surface area (Å²) in [5, 5.41) is 16.0. The van der Waals surface area contributed by atoms with Crippen LogP contribution in [0.5, 0.6) is 0 Å². The highest BCUT2D eigenvalue weighted by molar-refractivity contribution is 4.67. The summed E-state index contributed by atoms with van der Waals surface area (Å²) in [6.45, 7) is 6.11. The van der Waals surface area contributed by atoms with Gasteiger partial charge in [-0.2, -0.15) is 0 Å². The fraction of sp³-hybridized carbons (Fsp3) is 1.00. The van der Waals surface area contributed by atoms with Gasteiger partial charge in [-0.25, -0.2) is 0 Å². The minimum absolute atomic E-state index is 0.0220. The highest BCUT2D eigenvalue weighted by Gasteiger charge is 2.12. The van der Waals surface area contributed by atoms with Gasteiger partial charge in [0, 0.05) is 20.2 Å². The van der Waals surface area contributed by atoms with Crippen LogP contribution in [0.4, 0.5) is 0 Å². The summed E-state index contributed by atoms with van der Waals surface area (Å²) >= 11 is 0. The summed E-state index contributed by atoms with van der Waals surface area (Å²) in [5.74, 6) is 0. The largest absolute Gasteiger partial charge is 0.400 e. The second-order valence-electron chi connectivity index (χ2n) is 2.53. The molecule has 0 saturated carbocycles. The third-order valence-electron chi connectivity index (χ3n) is 1.69. The van der Waals surface area contributed by atoms with Crippen molar-refractivity contribution in [3.05, 3.63) is 0 Å². The molecule has 0 atom stereocenters. The predicted molar refractivity (Wildman–Crippen MR) is 52.2 cm³/mol. The van der Waals surface area contributed by atoms with E-state index < -0.39 is 0 Å². The smallest absolute Gasteiger partial charge is 0.0564 e. The van der Waals surface area contributed by atoms with E-state index in [1.807, 2.05) is 13.8 Å². The van der Waals surface area contributed by atoms with Crippen LogP contribution in [-0.2, 0) is 0 Å². The van der Waals surface area contributed by atoms with Gasteiger partial charge in [0.05, 0.1) is 6.10 Å². The molecule has 0 radical (unpaired) electrons. The lowest BCUT2D eigenvalue weighted by Crippen LogP contribution is -2.32. The van der Waals surface area contributed by atoms with E-state index in [0.717, 1.165) is 33.0 Å². The molecular formula is C9H23NO2. The summed E-state index contributed by atoms with van der Waals surface area (Å²) in [7, 11) is 3.09. The summed E-state index contributed by atoms with van der Waals surface area (Å²) in [5.41, 5.74) is 0. The first-order valence-corrected chi connectivity index (χ1v) is 4.60. The number of aliphatic hydroxyl groups is 2. The number of rotatable bonds is 0. The monoisotopic (exact) mass is 177 g/mol. The average molecular weight is 177 g/mol. The standard InChI is InChI=1S/C6H13NO.C2H6.CH4O/c1-7-4-2-6(8)3-5-7;2*1-2/h6,8H,2-5H2,1H3;1-2H3;2H,1H3. The van der Waals surface area contributed by atoms with E-state index in [1.165, 1.54) is 0 Å². The number of hydrogen-bond donors (Lipinski definition) is 2. The molecule has 0 aromatic heterocycles. The number of piperidine rings is 1. The summed E-state index contributed by atoms with van der Waals surface area (Å²) in [6, 6.07) is 0. The Morgan fingerprint density at radius 1 is 1.08 bits per heavy atom. The third-order valence-corrected chi connectivity index (χ3v) is 1.69. The van der Waals surface area contributed by atoms with Crippen molar-refractivity contribution in [1.29, 1.82) is 0 Å². The normalized spacial score (nSPS) is 18.5. The lowest BCUT2D eigenvalue weighted by Gasteiger charge is -2.25. The molecule has 0 aliphatic carbocycles. The van der Waals surface area contributed by atoms with Crippen molar-refractivity contribution in [2.45, 2.75) is 32.8 Å². The van der Waals surface area contributed by atoms with Crippen LogP contribution < -0.4 is 0 Å². The lowest BCUT2D eigenvalue weighted by molar-refractivity contribution is 0.0943. The Labute approximate surface area is 76.0 Å². The Bertz CT molecular complexity index is 60.9. The quantitative estimate of drug-likeness (QED) is 0.572. The number of nitrogens with zero attached hydrogens (tertiary/aromatic N) is 1. The van der Waals surface area contributed by atoms with Crippen LogP contribution in [0.3, 0.4) is 0 Å². The van der Waals surface area contributed by atoms with Crippen LogP contribution in [0, 0.1) is 0 Å². The van der Waals surface area contributed by atoms with Crippen LogP contribution in [0.15, 0.2) is 0 Å². The van der Waals surface area contributed by atoms with Gasteiger partial charge in [-0.1, -0.05) is 13.8 Å². The zero-order valence-corrected chi connectivity index (χ0v) is 8.75. The molecule has 76 valence electrons. The highest BCUT2D eigenvalue weighted by Crippen LogP contribution is 2.06. The van der Waals surface area contributed by atoms with Gasteiger partial charge in [0.1, 0.15) is 0 Å². The maximum atomic E-state index is 9.00. The Hall–Kier alpha value is -0.120. The van der Waals surface area contributed by atoms with Crippen molar-refractivity contribution in [2.24, 2.45) is 0 Å². The average Bonchev–Trinajstić information content (AvgIpc) is 2.17. The van der Waals surface area contributed by atoms with E-state index in [-0.39, 0.29) is 6.10 Å². The van der Waals surface area contributed by atoms with Crippen molar-refractivity contribution in [2.75, 3.05) is 27.2 Å². The van der Waals surface area contributed by atoms with Gasteiger partial charge in [-0.05, 0) is 19.9 Å². The van der Waals surface area contributed by atoms with Crippen molar-refractivity contribution >= 4 is 0 Å². The maximum absolute atomic E-state index is 9.00. The summed E-state index contributed by atoms with van der Waals surface area (Å²) in [4.78, 5) is 2.24. The van der Waals surface area contributed by atoms with E-state index >= 15 is 0 Å². The van der Waals surface area contributed by atoms with E-state index in [1.54, 1.807) is 0 Å². The first-order valence-electron chi connectivity index (χ1n) is 4.60. The predicted octanol–water partition coefficient (Wildman–Crippen LogP) is 0.708. The summed E-state index contributed by atoms with van der Waals surface area (Å²) in [6.07, 6.45) is 1.89. The SMILES string of the molecule is CC.CN1CCC(O)CC1.CO. The molecule has 3 nitrogen and oxygen atoms in total. The van der Waals surface area contributed by atoms with Crippen molar-refractivity contribution < 1.29 is 10.2 Å². The fourth-order valence-electron chi connectivity index (χ4n) is 0.995. The molecule has 1 heterocycles. The van der Waals surface area contributed by atoms with Crippen LogP contribution in [0.2, 0.25) is 0 Å². The lowest BCUT2D eigenvalue weighted by atomic mass is 10.1. The number of hydrogen-bond acceptors (Lipinski definition) is 3. The Morgan fingerprint density at radius 2 is 1.42 bits per heavy atom. The molecule has 3 heteroatoms. The minimum atomic E-state index is -0.0220. The Morgan fingerprint density at radius 3 is 1.67 bits per heavy atom. The molecule has 1 fully saturated rings. The van der Waals surface area contributed by atoms with E-state index in [9.17, 15) is 0 Å². The van der Waals surface area contributed by atoms with Gasteiger partial charge >= 0.3 is 0 Å². The van der Waals surface area contributed by atoms with Crippen LogP contribution >= 0.6 is 0 Å². The van der Waals surface area contributed by atoms with Crippen LogP contribution in [0.1, 0.15) is 26.7 Å². The van der Waals surface area contributed by atoms with Gasteiger partial charge in [-0.15, -0.1) is 0 Å². The van der Waals surface area contributed by atoms with Crippen molar-refractivity contribution in [3.63, 3.8) is 0 Å². The Balaban J connectivity index is 0. The van der Waals surface area contributed by atoms with Crippen LogP contribution in [0.25, 0.3) is 0 Å². The second-order valence-corrected chi connectivity index (χ2v) is 2.53.